The molecule has 0 fully saturated rings. The van der Waals surface area contributed by atoms with Gasteiger partial charge in [0.05, 0.1) is 0 Å². The number of carbonyl (C=O) groups excluding carboxylic acids is 2. The maximum atomic E-state index is 11.7. The van der Waals surface area contributed by atoms with Gasteiger partial charge in [0.1, 0.15) is 11.5 Å². The van der Waals surface area contributed by atoms with Gasteiger partial charge in [-0.05, 0) is 36.2 Å². The van der Waals surface area contributed by atoms with Crippen LogP contribution in [0.3, 0.4) is 0 Å². The van der Waals surface area contributed by atoms with E-state index in [0.29, 0.717) is 18.7 Å². The van der Waals surface area contributed by atoms with Crippen LogP contribution in [0, 0.1) is 0 Å². The number of aromatic hydroxyl groups is 2. The van der Waals surface area contributed by atoms with E-state index in [2.05, 4.69) is 10.6 Å². The van der Waals surface area contributed by atoms with Crippen LogP contribution in [0.25, 0.3) is 0 Å². The summed E-state index contributed by atoms with van der Waals surface area (Å²) in [7, 11) is 0. The Balaban J connectivity index is 1.79. The highest BCUT2D eigenvalue weighted by Gasteiger charge is 2.13. The zero-order chi connectivity index (χ0) is 15.9. The van der Waals surface area contributed by atoms with E-state index in [0.717, 1.165) is 5.56 Å². The van der Waals surface area contributed by atoms with Gasteiger partial charge in [0.2, 0.25) is 0 Å². The Morgan fingerprint density at radius 2 is 1.64 bits per heavy atom. The Labute approximate surface area is 127 Å². The first-order valence-electron chi connectivity index (χ1n) is 6.71. The third-order valence-electron chi connectivity index (χ3n) is 2.95. The fourth-order valence-corrected chi connectivity index (χ4v) is 1.83. The lowest BCUT2D eigenvalue weighted by atomic mass is 10.1. The topological polar surface area (TPSA) is 98.7 Å². The molecule has 6 heteroatoms. The van der Waals surface area contributed by atoms with Gasteiger partial charge in [-0.25, -0.2) is 0 Å². The van der Waals surface area contributed by atoms with Crippen LogP contribution in [0.2, 0.25) is 0 Å². The number of phenols is 2. The predicted octanol–water partition coefficient (Wildman–Crippen LogP) is 1.40. The number of carbonyl (C=O) groups is 2. The molecule has 0 aromatic heterocycles. The van der Waals surface area contributed by atoms with Crippen molar-refractivity contribution in [1.29, 1.82) is 0 Å². The third-order valence-corrected chi connectivity index (χ3v) is 2.95. The van der Waals surface area contributed by atoms with Gasteiger partial charge < -0.3 is 20.8 Å². The van der Waals surface area contributed by atoms with Crippen LogP contribution in [0.15, 0.2) is 48.5 Å². The van der Waals surface area contributed by atoms with E-state index in [1.54, 1.807) is 36.4 Å². The minimum Gasteiger partial charge on any atom is -0.508 e. The summed E-state index contributed by atoms with van der Waals surface area (Å²) >= 11 is 0. The van der Waals surface area contributed by atoms with E-state index in [4.69, 9.17) is 5.11 Å². The SMILES string of the molecule is O=C(NCCc1ccc(O)cc1)C(=O)Nc1cccc(O)c1. The smallest absolute Gasteiger partial charge is 0.313 e. The summed E-state index contributed by atoms with van der Waals surface area (Å²) in [5.41, 5.74) is 1.28. The van der Waals surface area contributed by atoms with Crippen molar-refractivity contribution in [2.24, 2.45) is 0 Å². The molecule has 2 aromatic carbocycles. The molecule has 2 rings (SSSR count). The largest absolute Gasteiger partial charge is 0.508 e. The third kappa shape index (κ3) is 4.52. The molecule has 0 bridgehead atoms. The predicted molar refractivity (Wildman–Crippen MR) is 81.6 cm³/mol. The number of nitrogens with one attached hydrogen (secondary N) is 2. The molecule has 0 aliphatic heterocycles. The second kappa shape index (κ2) is 7.12. The lowest BCUT2D eigenvalue weighted by molar-refractivity contribution is -0.136. The van der Waals surface area contributed by atoms with Crippen molar-refractivity contribution in [3.8, 4) is 11.5 Å². The normalized spacial score (nSPS) is 10.0. The summed E-state index contributed by atoms with van der Waals surface area (Å²) in [6.45, 7) is 0.303. The molecule has 0 aliphatic carbocycles. The van der Waals surface area contributed by atoms with Crippen molar-refractivity contribution in [1.82, 2.24) is 5.32 Å². The minimum absolute atomic E-state index is 0.00513. The van der Waals surface area contributed by atoms with Gasteiger partial charge in [0.15, 0.2) is 0 Å². The summed E-state index contributed by atoms with van der Waals surface area (Å²) in [6.07, 6.45) is 0.547. The lowest BCUT2D eigenvalue weighted by Crippen LogP contribution is -2.36. The molecule has 2 amide bonds. The monoisotopic (exact) mass is 300 g/mol. The molecule has 0 unspecified atom stereocenters. The van der Waals surface area contributed by atoms with Crippen LogP contribution >= 0.6 is 0 Å². The first-order chi connectivity index (χ1) is 10.5. The number of rotatable bonds is 4. The van der Waals surface area contributed by atoms with Crippen molar-refractivity contribution >= 4 is 17.5 Å². The van der Waals surface area contributed by atoms with Crippen molar-refractivity contribution in [3.63, 3.8) is 0 Å². The van der Waals surface area contributed by atoms with Crippen LogP contribution in [0.1, 0.15) is 5.56 Å². The van der Waals surface area contributed by atoms with Gasteiger partial charge >= 0.3 is 11.8 Å². The van der Waals surface area contributed by atoms with Crippen LogP contribution in [-0.2, 0) is 16.0 Å². The van der Waals surface area contributed by atoms with Crippen molar-refractivity contribution < 1.29 is 19.8 Å². The van der Waals surface area contributed by atoms with Crippen molar-refractivity contribution in [2.45, 2.75) is 6.42 Å². The molecule has 2 aromatic rings. The number of hydrogen-bond acceptors (Lipinski definition) is 4. The second-order valence-electron chi connectivity index (χ2n) is 4.68. The van der Waals surface area contributed by atoms with E-state index in [1.165, 1.54) is 12.1 Å². The molecule has 0 atom stereocenters. The molecule has 0 radical (unpaired) electrons. The van der Waals surface area contributed by atoms with E-state index in [1.807, 2.05) is 0 Å². The van der Waals surface area contributed by atoms with E-state index >= 15 is 0 Å². The van der Waals surface area contributed by atoms with Gasteiger partial charge in [-0.1, -0.05) is 18.2 Å². The maximum absolute atomic E-state index is 11.7. The lowest BCUT2D eigenvalue weighted by Gasteiger charge is -2.07. The van der Waals surface area contributed by atoms with E-state index in [-0.39, 0.29) is 11.5 Å². The van der Waals surface area contributed by atoms with Crippen LogP contribution < -0.4 is 10.6 Å². The average molecular weight is 300 g/mol. The quantitative estimate of drug-likeness (QED) is 0.641. The van der Waals surface area contributed by atoms with Gasteiger partial charge in [-0.15, -0.1) is 0 Å². The molecule has 0 spiro atoms. The maximum Gasteiger partial charge on any atom is 0.313 e. The fourth-order valence-electron chi connectivity index (χ4n) is 1.83. The molecule has 114 valence electrons. The van der Waals surface area contributed by atoms with Gasteiger partial charge in [-0.3, -0.25) is 9.59 Å². The summed E-state index contributed by atoms with van der Waals surface area (Å²) in [4.78, 5) is 23.3. The number of benzene rings is 2. The number of amides is 2. The zero-order valence-corrected chi connectivity index (χ0v) is 11.7. The number of anilines is 1. The molecule has 0 saturated heterocycles. The van der Waals surface area contributed by atoms with Crippen LogP contribution in [-0.4, -0.2) is 28.6 Å². The molecule has 6 nitrogen and oxygen atoms in total. The van der Waals surface area contributed by atoms with E-state index in [9.17, 15) is 14.7 Å². The zero-order valence-electron chi connectivity index (χ0n) is 11.7. The summed E-state index contributed by atoms with van der Waals surface area (Å²) < 4.78 is 0. The molecule has 0 aliphatic rings. The Morgan fingerprint density at radius 3 is 2.32 bits per heavy atom. The minimum atomic E-state index is -0.795. The highest BCUT2D eigenvalue weighted by molar-refractivity contribution is 6.39. The summed E-state index contributed by atoms with van der Waals surface area (Å²) in [5, 5.41) is 23.3. The Kier molecular flexibility index (Phi) is 4.98. The van der Waals surface area contributed by atoms with Crippen molar-refractivity contribution in [3.05, 3.63) is 54.1 Å². The van der Waals surface area contributed by atoms with Crippen LogP contribution in [0.4, 0.5) is 5.69 Å². The number of phenolic OH excluding ortho intramolecular Hbond substituents is 2. The molecule has 4 N–H and O–H groups in total. The Morgan fingerprint density at radius 1 is 0.909 bits per heavy atom. The molecule has 0 saturated carbocycles. The van der Waals surface area contributed by atoms with Gasteiger partial charge in [-0.2, -0.15) is 0 Å². The molecular formula is C16H16N2O4. The molecule has 22 heavy (non-hydrogen) atoms. The average Bonchev–Trinajstić information content (AvgIpc) is 2.49. The summed E-state index contributed by atoms with van der Waals surface area (Å²) in [5.74, 6) is -1.36. The highest BCUT2D eigenvalue weighted by atomic mass is 16.3. The fraction of sp³-hybridized carbons (Fsp3) is 0.125. The first kappa shape index (κ1) is 15.4. The Hall–Kier alpha value is -3.02. The second-order valence-corrected chi connectivity index (χ2v) is 4.68. The van der Waals surface area contributed by atoms with E-state index < -0.39 is 11.8 Å². The summed E-state index contributed by atoms with van der Waals surface area (Å²) in [6, 6.07) is 12.6. The van der Waals surface area contributed by atoms with Gasteiger partial charge in [0, 0.05) is 18.3 Å². The van der Waals surface area contributed by atoms with Crippen LogP contribution in [0.5, 0.6) is 11.5 Å². The van der Waals surface area contributed by atoms with Crippen molar-refractivity contribution in [2.75, 3.05) is 11.9 Å². The molecular weight excluding hydrogens is 284 g/mol. The first-order valence-corrected chi connectivity index (χ1v) is 6.71. The standard InChI is InChI=1S/C16H16N2O4/c19-13-6-4-11(5-7-13)8-9-17-15(21)16(22)18-12-2-1-3-14(20)10-12/h1-7,10,19-20H,8-9H2,(H,17,21)(H,18,22). The van der Waals surface area contributed by atoms with Gasteiger partial charge in [0.25, 0.3) is 0 Å². The highest BCUT2D eigenvalue weighted by Crippen LogP contribution is 2.15. The molecule has 0 heterocycles. The number of hydrogen-bond donors (Lipinski definition) is 4. The Bertz CT molecular complexity index is 668.